The van der Waals surface area contributed by atoms with E-state index in [9.17, 15) is 4.79 Å². The standard InChI is InChI=1S/C24H30IN8O2P/c1-7-32-20-12-30(5)11-13(2)35-24-21(14(3)27-31(24)6)19-10-17-18(9-8-16(20)23(34)29-32)28-33(36-25)22(17)15(4)26-19/h8-10,13,36H,7,11-12H2,1-6H3,(H,29,34)/b9-8+. The molecule has 2 unspecified atom stereocenters. The van der Waals surface area contributed by atoms with Crippen molar-refractivity contribution in [1.29, 1.82) is 0 Å². The quantitative estimate of drug-likeness (QED) is 0.268. The highest BCUT2D eigenvalue weighted by atomic mass is 127. The van der Waals surface area contributed by atoms with Crippen LogP contribution in [-0.2, 0) is 20.1 Å². The lowest BCUT2D eigenvalue weighted by atomic mass is 10.1. The van der Waals surface area contributed by atoms with Crippen LogP contribution in [0.2, 0.25) is 0 Å². The van der Waals surface area contributed by atoms with Crippen LogP contribution < -0.4 is 10.3 Å². The van der Waals surface area contributed by atoms with E-state index in [4.69, 9.17) is 14.8 Å². The van der Waals surface area contributed by atoms with Crippen LogP contribution in [0.25, 0.3) is 34.3 Å². The Hall–Kier alpha value is -2.50. The lowest BCUT2D eigenvalue weighted by molar-refractivity contribution is 0.147. The highest BCUT2D eigenvalue weighted by Gasteiger charge is 2.24. The molecule has 0 saturated carbocycles. The number of rotatable bonds is 2. The SMILES string of the molecule is CCn1[nH]c(=O)c2c1CN(C)CC(C)Oc1c(c(C)nn1C)-c1cc3c(nn(PI)c3c(C)n1)/C=C/2. The topological polar surface area (TPSA) is 98.8 Å². The number of ether oxygens (including phenoxy) is 1. The number of aromatic nitrogens is 7. The van der Waals surface area contributed by atoms with Crippen LogP contribution in [0.1, 0.15) is 42.2 Å². The third-order valence-corrected chi connectivity index (χ3v) is 8.37. The molecule has 2 atom stereocenters. The van der Waals surface area contributed by atoms with E-state index in [-0.39, 0.29) is 11.7 Å². The molecule has 0 aromatic carbocycles. The Bertz CT molecular complexity index is 1550. The maximum absolute atomic E-state index is 12.9. The summed E-state index contributed by atoms with van der Waals surface area (Å²) in [6.07, 6.45) is 4.15. The van der Waals surface area contributed by atoms with Crippen LogP contribution in [0.4, 0.5) is 0 Å². The zero-order valence-electron chi connectivity index (χ0n) is 21.3. The van der Waals surface area contributed by atoms with Crippen LogP contribution in [0.15, 0.2) is 10.9 Å². The average molecular weight is 620 g/mol. The molecule has 1 aliphatic rings. The first-order chi connectivity index (χ1) is 17.2. The number of nitrogens with one attached hydrogen (secondary N) is 1. The second-order valence-corrected chi connectivity index (χ2v) is 11.3. The number of nitrogens with zero attached hydrogens (tertiary/aromatic N) is 7. The zero-order chi connectivity index (χ0) is 25.7. The van der Waals surface area contributed by atoms with Gasteiger partial charge in [0.1, 0.15) is 6.10 Å². The van der Waals surface area contributed by atoms with E-state index in [0.29, 0.717) is 37.5 Å². The smallest absolute Gasteiger partial charge is 0.271 e. The third-order valence-electron chi connectivity index (χ3n) is 6.51. The Kier molecular flexibility index (Phi) is 6.82. The Morgan fingerprint density at radius 2 is 2.00 bits per heavy atom. The molecular weight excluding hydrogens is 590 g/mol. The van der Waals surface area contributed by atoms with Crippen molar-refractivity contribution >= 4 is 51.5 Å². The number of hydrogen-bond acceptors (Lipinski definition) is 6. The van der Waals surface area contributed by atoms with Crippen molar-refractivity contribution in [2.24, 2.45) is 7.05 Å². The maximum atomic E-state index is 12.9. The van der Waals surface area contributed by atoms with Crippen molar-refractivity contribution < 1.29 is 4.74 Å². The lowest BCUT2D eigenvalue weighted by Crippen LogP contribution is -2.32. The molecule has 0 radical (unpaired) electrons. The van der Waals surface area contributed by atoms with Gasteiger partial charge in [0.15, 0.2) is 0 Å². The Morgan fingerprint density at radius 3 is 2.72 bits per heavy atom. The van der Waals surface area contributed by atoms with E-state index in [1.807, 2.05) is 56.2 Å². The Labute approximate surface area is 224 Å². The first kappa shape index (κ1) is 25.2. The summed E-state index contributed by atoms with van der Waals surface area (Å²) in [5, 5.41) is 13.5. The second kappa shape index (κ2) is 9.75. The molecule has 10 nitrogen and oxygen atoms in total. The molecule has 1 N–H and O–H groups in total. The summed E-state index contributed by atoms with van der Waals surface area (Å²) in [6.45, 7) is 10.0. The fourth-order valence-electron chi connectivity index (χ4n) is 5.01. The fraction of sp³-hybridized carbons (Fsp3) is 0.417. The van der Waals surface area contributed by atoms with Crippen LogP contribution in [0, 0.1) is 13.8 Å². The van der Waals surface area contributed by atoms with Crippen molar-refractivity contribution in [3.63, 3.8) is 0 Å². The van der Waals surface area contributed by atoms with E-state index < -0.39 is 0 Å². The Balaban J connectivity index is 1.80. The van der Waals surface area contributed by atoms with Crippen molar-refractivity contribution in [3.05, 3.63) is 44.8 Å². The van der Waals surface area contributed by atoms with E-state index in [1.54, 1.807) is 4.68 Å². The van der Waals surface area contributed by atoms with Crippen LogP contribution in [0.3, 0.4) is 0 Å². The summed E-state index contributed by atoms with van der Waals surface area (Å²) in [5.74, 6) is 0.697. The van der Waals surface area contributed by atoms with E-state index in [1.165, 1.54) is 0 Å². The van der Waals surface area contributed by atoms with Gasteiger partial charge in [-0.1, -0.05) is 0 Å². The van der Waals surface area contributed by atoms with Gasteiger partial charge in [0.05, 0.1) is 51.5 Å². The molecule has 12 heteroatoms. The number of H-pyrrole nitrogens is 1. The monoisotopic (exact) mass is 620 g/mol. The zero-order valence-corrected chi connectivity index (χ0v) is 24.4. The molecule has 4 aromatic heterocycles. The summed E-state index contributed by atoms with van der Waals surface area (Å²) < 4.78 is 12.2. The molecule has 0 amide bonds. The number of fused-ring (bicyclic) bond motifs is 4. The van der Waals surface area contributed by atoms with Crippen LogP contribution in [-0.4, -0.2) is 58.7 Å². The van der Waals surface area contributed by atoms with Crippen molar-refractivity contribution in [2.75, 3.05) is 13.6 Å². The van der Waals surface area contributed by atoms with Gasteiger partial charge in [-0.05, 0) is 75.0 Å². The minimum Gasteiger partial charge on any atom is -0.473 e. The van der Waals surface area contributed by atoms with Gasteiger partial charge in [0.2, 0.25) is 5.88 Å². The molecule has 0 aliphatic carbocycles. The van der Waals surface area contributed by atoms with E-state index in [2.05, 4.69) is 50.1 Å². The normalized spacial score (nSPS) is 17.8. The number of aryl methyl sites for hydroxylation is 4. The van der Waals surface area contributed by atoms with Crippen molar-refractivity contribution in [1.82, 2.24) is 39.0 Å². The largest absolute Gasteiger partial charge is 0.473 e. The first-order valence-corrected chi connectivity index (χ1v) is 15.9. The van der Waals surface area contributed by atoms with Gasteiger partial charge in [-0.15, -0.1) is 0 Å². The van der Waals surface area contributed by atoms with Crippen LogP contribution >= 0.6 is 28.4 Å². The van der Waals surface area contributed by atoms with Gasteiger partial charge in [-0.2, -0.15) is 10.2 Å². The predicted molar refractivity (Wildman–Crippen MR) is 153 cm³/mol. The molecule has 0 spiro atoms. The molecule has 190 valence electrons. The molecule has 0 fully saturated rings. The molecule has 5 rings (SSSR count). The number of hydrogen-bond donors (Lipinski definition) is 1. The van der Waals surface area contributed by atoms with Gasteiger partial charge in [-0.3, -0.25) is 24.5 Å². The summed E-state index contributed by atoms with van der Waals surface area (Å²) in [6, 6.07) is 2.07. The minimum absolute atomic E-state index is 0.0998. The molecule has 4 aromatic rings. The van der Waals surface area contributed by atoms with Crippen molar-refractivity contribution in [3.8, 4) is 17.1 Å². The van der Waals surface area contributed by atoms with Gasteiger partial charge in [0.25, 0.3) is 5.56 Å². The average Bonchev–Trinajstić information content (AvgIpc) is 3.42. The van der Waals surface area contributed by atoms with Gasteiger partial charge in [0, 0.05) is 32.1 Å². The van der Waals surface area contributed by atoms with E-state index >= 15 is 0 Å². The fourth-order valence-corrected chi connectivity index (χ4v) is 6.57. The molecule has 0 saturated heterocycles. The summed E-state index contributed by atoms with van der Waals surface area (Å²) in [5.41, 5.74) is 6.74. The van der Waals surface area contributed by atoms with E-state index in [0.717, 1.165) is 44.9 Å². The molecule has 36 heavy (non-hydrogen) atoms. The lowest BCUT2D eigenvalue weighted by Gasteiger charge is -2.23. The first-order valence-electron chi connectivity index (χ1n) is 11.9. The maximum Gasteiger partial charge on any atom is 0.271 e. The number of aromatic amines is 1. The predicted octanol–water partition coefficient (Wildman–Crippen LogP) is 4.13. The molecule has 1 aliphatic heterocycles. The third kappa shape index (κ3) is 4.31. The highest BCUT2D eigenvalue weighted by molar-refractivity contribution is 14.2. The molecule has 2 bridgehead atoms. The molecule has 5 heterocycles. The summed E-state index contributed by atoms with van der Waals surface area (Å²) >= 11 is 2.33. The summed E-state index contributed by atoms with van der Waals surface area (Å²) in [4.78, 5) is 20.1. The van der Waals surface area contributed by atoms with Crippen molar-refractivity contribution in [2.45, 2.75) is 46.9 Å². The number of pyridine rings is 1. The minimum atomic E-state index is -0.114. The van der Waals surface area contributed by atoms with Gasteiger partial charge >= 0.3 is 0 Å². The van der Waals surface area contributed by atoms with Crippen LogP contribution in [0.5, 0.6) is 5.88 Å². The Morgan fingerprint density at radius 1 is 1.22 bits per heavy atom. The van der Waals surface area contributed by atoms with Gasteiger partial charge in [-0.25, -0.2) is 9.13 Å². The molecular formula is C24H30IN8O2P. The number of likely N-dealkylation sites (N-methyl/N-ethyl adjacent to an activating group) is 1. The highest BCUT2D eigenvalue weighted by Crippen LogP contribution is 2.38. The second-order valence-electron chi connectivity index (χ2n) is 9.26. The number of halogens is 1. The van der Waals surface area contributed by atoms with Gasteiger partial charge < -0.3 is 4.74 Å². The summed E-state index contributed by atoms with van der Waals surface area (Å²) in [7, 11) is 3.94.